The first kappa shape index (κ1) is 12.3. The van der Waals surface area contributed by atoms with E-state index in [2.05, 4.69) is 0 Å². The average Bonchev–Trinajstić information content (AvgIpc) is 2.50. The highest BCUT2D eigenvalue weighted by atomic mass is 16.5. The molecular formula is C14H19NO2. The van der Waals surface area contributed by atoms with Crippen molar-refractivity contribution < 1.29 is 9.53 Å². The van der Waals surface area contributed by atoms with Crippen LogP contribution in [0.5, 0.6) is 0 Å². The molecular weight excluding hydrogens is 214 g/mol. The van der Waals surface area contributed by atoms with Crippen molar-refractivity contribution in [2.75, 3.05) is 13.7 Å². The van der Waals surface area contributed by atoms with Crippen LogP contribution in [0.3, 0.4) is 0 Å². The van der Waals surface area contributed by atoms with Crippen LogP contribution in [-0.2, 0) is 11.2 Å². The van der Waals surface area contributed by atoms with Crippen LogP contribution in [0.1, 0.15) is 28.8 Å². The highest BCUT2D eigenvalue weighted by Gasteiger charge is 2.29. The zero-order chi connectivity index (χ0) is 12.3. The number of hydrogen-bond donors (Lipinski definition) is 1. The Balaban J connectivity index is 2.26. The fraction of sp³-hybridized carbons (Fsp3) is 0.500. The summed E-state index contributed by atoms with van der Waals surface area (Å²) in [5.74, 6) is 0.0845. The van der Waals surface area contributed by atoms with Gasteiger partial charge in [0, 0.05) is 24.6 Å². The van der Waals surface area contributed by atoms with Crippen molar-refractivity contribution in [3.05, 3.63) is 35.4 Å². The van der Waals surface area contributed by atoms with Crippen molar-refractivity contribution in [2.45, 2.75) is 25.3 Å². The molecule has 0 fully saturated rings. The van der Waals surface area contributed by atoms with E-state index >= 15 is 0 Å². The van der Waals surface area contributed by atoms with Gasteiger partial charge in [-0.1, -0.05) is 24.3 Å². The highest BCUT2D eigenvalue weighted by molar-refractivity contribution is 5.99. The lowest BCUT2D eigenvalue weighted by atomic mass is 9.89. The Morgan fingerprint density at radius 2 is 2.24 bits per heavy atom. The van der Waals surface area contributed by atoms with Crippen LogP contribution in [0.15, 0.2) is 24.3 Å². The van der Waals surface area contributed by atoms with Gasteiger partial charge in [-0.15, -0.1) is 0 Å². The number of fused-ring (bicyclic) bond motifs is 1. The van der Waals surface area contributed by atoms with Gasteiger partial charge in [-0.05, 0) is 24.8 Å². The van der Waals surface area contributed by atoms with Crippen LogP contribution >= 0.6 is 0 Å². The maximum absolute atomic E-state index is 12.4. The summed E-state index contributed by atoms with van der Waals surface area (Å²) in [4.78, 5) is 12.4. The molecule has 1 aliphatic rings. The van der Waals surface area contributed by atoms with E-state index in [0.717, 1.165) is 30.4 Å². The van der Waals surface area contributed by atoms with Gasteiger partial charge in [0.1, 0.15) is 0 Å². The maximum Gasteiger partial charge on any atom is 0.167 e. The van der Waals surface area contributed by atoms with Crippen molar-refractivity contribution in [3.8, 4) is 0 Å². The van der Waals surface area contributed by atoms with E-state index in [1.165, 1.54) is 0 Å². The Morgan fingerprint density at radius 1 is 1.47 bits per heavy atom. The van der Waals surface area contributed by atoms with Crippen LogP contribution in [-0.4, -0.2) is 25.5 Å². The molecule has 2 atom stereocenters. The lowest BCUT2D eigenvalue weighted by Gasteiger charge is -2.20. The fourth-order valence-electron chi connectivity index (χ4n) is 2.54. The fourth-order valence-corrected chi connectivity index (χ4v) is 2.54. The average molecular weight is 233 g/mol. The molecule has 0 aromatic heterocycles. The molecule has 0 bridgehead atoms. The Labute approximate surface area is 102 Å². The summed E-state index contributed by atoms with van der Waals surface area (Å²) >= 11 is 0. The lowest BCUT2D eigenvalue weighted by molar-refractivity contribution is 0.0842. The monoisotopic (exact) mass is 233 g/mol. The molecule has 2 rings (SSSR count). The number of carbonyl (C=O) groups excluding carboxylic acids is 1. The number of hydrogen-bond acceptors (Lipinski definition) is 3. The minimum absolute atomic E-state index is 0.0985. The molecule has 1 aromatic rings. The Hall–Kier alpha value is -1.19. The van der Waals surface area contributed by atoms with Crippen molar-refractivity contribution >= 4 is 5.78 Å². The summed E-state index contributed by atoms with van der Waals surface area (Å²) in [7, 11) is 1.62. The van der Waals surface area contributed by atoms with Gasteiger partial charge in [-0.2, -0.15) is 0 Å². The minimum Gasteiger partial charge on any atom is -0.383 e. The molecule has 2 N–H and O–H groups in total. The Bertz CT molecular complexity index is 403. The summed E-state index contributed by atoms with van der Waals surface area (Å²) in [5, 5.41) is 0. The molecule has 17 heavy (non-hydrogen) atoms. The molecule has 0 saturated heterocycles. The number of ether oxygens (including phenoxy) is 1. The normalized spacial score (nSPS) is 21.8. The Kier molecular flexibility index (Phi) is 3.92. The number of ketones is 1. The molecule has 92 valence electrons. The largest absolute Gasteiger partial charge is 0.383 e. The summed E-state index contributed by atoms with van der Waals surface area (Å²) in [6.45, 7) is 0.443. The molecule has 0 heterocycles. The van der Waals surface area contributed by atoms with E-state index in [4.69, 9.17) is 10.5 Å². The number of Topliss-reactive ketones (excluding diaryl/α,β-unsaturated/α-hetero) is 1. The van der Waals surface area contributed by atoms with Crippen LogP contribution < -0.4 is 5.73 Å². The van der Waals surface area contributed by atoms with E-state index in [9.17, 15) is 4.79 Å². The van der Waals surface area contributed by atoms with E-state index in [-0.39, 0.29) is 17.7 Å². The van der Waals surface area contributed by atoms with E-state index in [0.29, 0.717) is 6.61 Å². The third kappa shape index (κ3) is 2.56. The summed E-state index contributed by atoms with van der Waals surface area (Å²) in [6, 6.07) is 7.66. The standard InChI is InChI=1S/C14H19NO2/c1-17-9-13(15)12-8-4-6-10-5-2-3-7-11(10)14(12)16/h2-3,5,7,12-13H,4,6,8-9,15H2,1H3. The molecule has 0 radical (unpaired) electrons. The van der Waals surface area contributed by atoms with Gasteiger partial charge >= 0.3 is 0 Å². The van der Waals surface area contributed by atoms with Gasteiger partial charge in [0.15, 0.2) is 5.78 Å². The highest BCUT2D eigenvalue weighted by Crippen LogP contribution is 2.26. The molecule has 1 aromatic carbocycles. The predicted molar refractivity (Wildman–Crippen MR) is 67.1 cm³/mol. The number of nitrogens with two attached hydrogens (primary N) is 1. The van der Waals surface area contributed by atoms with Gasteiger partial charge in [-0.3, -0.25) is 4.79 Å². The molecule has 0 saturated carbocycles. The maximum atomic E-state index is 12.4. The topological polar surface area (TPSA) is 52.3 Å². The quantitative estimate of drug-likeness (QED) is 0.810. The van der Waals surface area contributed by atoms with Gasteiger partial charge in [0.2, 0.25) is 0 Å². The molecule has 0 amide bonds. The van der Waals surface area contributed by atoms with Crippen LogP contribution in [0.2, 0.25) is 0 Å². The number of aryl methyl sites for hydroxylation is 1. The molecule has 3 nitrogen and oxygen atoms in total. The van der Waals surface area contributed by atoms with Crippen molar-refractivity contribution in [1.29, 1.82) is 0 Å². The lowest BCUT2D eigenvalue weighted by Crippen LogP contribution is -2.38. The van der Waals surface area contributed by atoms with Crippen molar-refractivity contribution in [1.82, 2.24) is 0 Å². The first-order chi connectivity index (χ1) is 8.24. The first-order valence-electron chi connectivity index (χ1n) is 6.10. The summed E-state index contributed by atoms with van der Waals surface area (Å²) in [6.07, 6.45) is 2.85. The third-order valence-corrected chi connectivity index (χ3v) is 3.46. The molecule has 0 spiro atoms. The van der Waals surface area contributed by atoms with Crippen molar-refractivity contribution in [3.63, 3.8) is 0 Å². The van der Waals surface area contributed by atoms with Gasteiger partial charge < -0.3 is 10.5 Å². The first-order valence-corrected chi connectivity index (χ1v) is 6.10. The summed E-state index contributed by atoms with van der Waals surface area (Å²) in [5.41, 5.74) is 8.04. The van der Waals surface area contributed by atoms with E-state index in [1.807, 2.05) is 24.3 Å². The zero-order valence-electron chi connectivity index (χ0n) is 10.2. The van der Waals surface area contributed by atoms with E-state index in [1.54, 1.807) is 7.11 Å². The molecule has 3 heteroatoms. The zero-order valence-corrected chi connectivity index (χ0v) is 10.2. The second-order valence-electron chi connectivity index (χ2n) is 4.64. The Morgan fingerprint density at radius 3 is 3.00 bits per heavy atom. The third-order valence-electron chi connectivity index (χ3n) is 3.46. The minimum atomic E-state index is -0.196. The summed E-state index contributed by atoms with van der Waals surface area (Å²) < 4.78 is 5.06. The second-order valence-corrected chi connectivity index (χ2v) is 4.64. The van der Waals surface area contributed by atoms with Crippen molar-refractivity contribution in [2.24, 2.45) is 11.7 Å². The van der Waals surface area contributed by atoms with Crippen LogP contribution in [0, 0.1) is 5.92 Å². The van der Waals surface area contributed by atoms with Gasteiger partial charge in [0.25, 0.3) is 0 Å². The SMILES string of the molecule is COCC(N)C1CCCc2ccccc2C1=O. The van der Waals surface area contributed by atoms with Gasteiger partial charge in [-0.25, -0.2) is 0 Å². The predicted octanol–water partition coefficient (Wildman–Crippen LogP) is 1.80. The molecule has 2 unspecified atom stereocenters. The number of carbonyl (C=O) groups is 1. The number of methoxy groups -OCH3 is 1. The number of benzene rings is 1. The molecule has 0 aliphatic heterocycles. The number of rotatable bonds is 3. The molecule has 1 aliphatic carbocycles. The van der Waals surface area contributed by atoms with E-state index < -0.39 is 0 Å². The van der Waals surface area contributed by atoms with Crippen LogP contribution in [0.4, 0.5) is 0 Å². The second kappa shape index (κ2) is 5.43. The van der Waals surface area contributed by atoms with Crippen LogP contribution in [0.25, 0.3) is 0 Å². The van der Waals surface area contributed by atoms with Gasteiger partial charge in [0.05, 0.1) is 6.61 Å². The smallest absolute Gasteiger partial charge is 0.167 e.